The van der Waals surface area contributed by atoms with E-state index >= 15 is 0 Å². The normalized spacial score (nSPS) is 14.5. The SMILES string of the molecule is CC(=O)O[C@@H](C)CC(Cc1ccc(O)c(O)c1)(NC(=O)OC(C)(C)C)C(=O)O. The maximum Gasteiger partial charge on any atom is 0.408 e. The van der Waals surface area contributed by atoms with Gasteiger partial charge in [0.05, 0.1) is 0 Å². The van der Waals surface area contributed by atoms with E-state index < -0.39 is 41.0 Å². The number of phenols is 2. The highest BCUT2D eigenvalue weighted by molar-refractivity contribution is 5.85. The van der Waals surface area contributed by atoms with Gasteiger partial charge in [0.15, 0.2) is 11.5 Å². The molecule has 2 atom stereocenters. The molecule has 1 aromatic carbocycles. The second-order valence-electron chi connectivity index (χ2n) is 7.64. The van der Waals surface area contributed by atoms with Crippen LogP contribution in [0.3, 0.4) is 0 Å². The van der Waals surface area contributed by atoms with Crippen LogP contribution >= 0.6 is 0 Å². The lowest BCUT2D eigenvalue weighted by Crippen LogP contribution is -2.58. The van der Waals surface area contributed by atoms with Gasteiger partial charge in [-0.1, -0.05) is 6.07 Å². The molecule has 0 aromatic heterocycles. The van der Waals surface area contributed by atoms with Gasteiger partial charge in [-0.3, -0.25) is 4.79 Å². The fourth-order valence-corrected chi connectivity index (χ4v) is 2.73. The van der Waals surface area contributed by atoms with E-state index in [0.29, 0.717) is 5.56 Å². The Morgan fingerprint density at radius 1 is 1.14 bits per heavy atom. The highest BCUT2D eigenvalue weighted by Crippen LogP contribution is 2.29. The Bertz CT molecular complexity index is 740. The summed E-state index contributed by atoms with van der Waals surface area (Å²) in [5.74, 6) is -2.75. The third-order valence-corrected chi connectivity index (χ3v) is 3.70. The molecule has 1 amide bonds. The Morgan fingerprint density at radius 3 is 2.21 bits per heavy atom. The molecule has 0 bridgehead atoms. The zero-order valence-electron chi connectivity index (χ0n) is 16.6. The minimum atomic E-state index is -1.89. The van der Waals surface area contributed by atoms with Crippen LogP contribution in [0.15, 0.2) is 18.2 Å². The molecule has 0 saturated heterocycles. The maximum absolute atomic E-state index is 12.3. The topological polar surface area (TPSA) is 142 Å². The van der Waals surface area contributed by atoms with Crippen molar-refractivity contribution >= 4 is 18.0 Å². The lowest BCUT2D eigenvalue weighted by molar-refractivity contribution is -0.152. The maximum atomic E-state index is 12.3. The second-order valence-corrected chi connectivity index (χ2v) is 7.64. The molecule has 1 unspecified atom stereocenters. The first-order chi connectivity index (χ1) is 12.7. The van der Waals surface area contributed by atoms with E-state index in [1.807, 2.05) is 0 Å². The van der Waals surface area contributed by atoms with Gasteiger partial charge in [0.1, 0.15) is 17.2 Å². The number of carbonyl (C=O) groups excluding carboxylic acids is 2. The van der Waals surface area contributed by atoms with Gasteiger partial charge >= 0.3 is 18.0 Å². The van der Waals surface area contributed by atoms with Crippen LogP contribution in [0.5, 0.6) is 11.5 Å². The molecule has 0 radical (unpaired) electrons. The number of ether oxygens (including phenoxy) is 2. The first kappa shape index (κ1) is 23.1. The number of hydrogen-bond donors (Lipinski definition) is 4. The second kappa shape index (κ2) is 8.81. The molecule has 0 aliphatic carbocycles. The molecule has 156 valence electrons. The van der Waals surface area contributed by atoms with Crippen molar-refractivity contribution < 1.29 is 39.2 Å². The predicted octanol–water partition coefficient (Wildman–Crippen LogP) is 2.33. The number of amides is 1. The van der Waals surface area contributed by atoms with Crippen molar-refractivity contribution in [2.24, 2.45) is 0 Å². The summed E-state index contributed by atoms with van der Waals surface area (Å²) in [5, 5.41) is 31.4. The number of aliphatic carboxylic acids is 1. The summed E-state index contributed by atoms with van der Waals surface area (Å²) < 4.78 is 10.2. The highest BCUT2D eigenvalue weighted by Gasteiger charge is 2.43. The number of phenolic OH excluding ortho intramolecular Hbond substituents is 2. The van der Waals surface area contributed by atoms with E-state index in [9.17, 15) is 29.7 Å². The molecule has 9 nitrogen and oxygen atoms in total. The lowest BCUT2D eigenvalue weighted by Gasteiger charge is -2.33. The van der Waals surface area contributed by atoms with Crippen molar-refractivity contribution in [3.63, 3.8) is 0 Å². The van der Waals surface area contributed by atoms with Crippen LogP contribution in [0.1, 0.15) is 46.6 Å². The van der Waals surface area contributed by atoms with Crippen LogP contribution in [0, 0.1) is 0 Å². The summed E-state index contributed by atoms with van der Waals surface area (Å²) >= 11 is 0. The number of esters is 1. The number of nitrogens with one attached hydrogen (secondary N) is 1. The van der Waals surface area contributed by atoms with Crippen molar-refractivity contribution in [3.8, 4) is 11.5 Å². The lowest BCUT2D eigenvalue weighted by atomic mass is 9.85. The van der Waals surface area contributed by atoms with Crippen molar-refractivity contribution in [1.29, 1.82) is 0 Å². The molecule has 4 N–H and O–H groups in total. The van der Waals surface area contributed by atoms with Crippen LogP contribution in [0.4, 0.5) is 4.79 Å². The van der Waals surface area contributed by atoms with Crippen LogP contribution in [0.2, 0.25) is 0 Å². The third kappa shape index (κ3) is 6.98. The summed E-state index contributed by atoms with van der Waals surface area (Å²) in [7, 11) is 0. The average Bonchev–Trinajstić information content (AvgIpc) is 2.47. The zero-order chi connectivity index (χ0) is 21.7. The number of rotatable bonds is 7. The molecule has 0 spiro atoms. The summed E-state index contributed by atoms with van der Waals surface area (Å²) in [6.07, 6.45) is -2.27. The van der Waals surface area contributed by atoms with E-state index in [-0.39, 0.29) is 18.6 Å². The van der Waals surface area contributed by atoms with Gasteiger partial charge in [0.2, 0.25) is 0 Å². The molecule has 0 aliphatic rings. The zero-order valence-corrected chi connectivity index (χ0v) is 16.6. The van der Waals surface area contributed by atoms with E-state index in [0.717, 1.165) is 0 Å². The average molecular weight is 397 g/mol. The smallest absolute Gasteiger partial charge is 0.408 e. The van der Waals surface area contributed by atoms with Crippen molar-refractivity contribution in [1.82, 2.24) is 5.32 Å². The van der Waals surface area contributed by atoms with Gasteiger partial charge in [-0.05, 0) is 45.4 Å². The molecule has 1 rings (SSSR count). The summed E-state index contributed by atoms with van der Waals surface area (Å²) in [6.45, 7) is 7.60. The summed E-state index contributed by atoms with van der Waals surface area (Å²) in [6, 6.07) is 3.82. The quantitative estimate of drug-likeness (QED) is 0.406. The van der Waals surface area contributed by atoms with Gasteiger partial charge in [0, 0.05) is 19.8 Å². The number of carboxylic acids is 1. The van der Waals surface area contributed by atoms with Gasteiger partial charge < -0.3 is 30.1 Å². The first-order valence-corrected chi connectivity index (χ1v) is 8.67. The monoisotopic (exact) mass is 397 g/mol. The Kier molecular flexibility index (Phi) is 7.26. The minimum absolute atomic E-state index is 0.247. The minimum Gasteiger partial charge on any atom is -0.504 e. The molecular weight excluding hydrogens is 370 g/mol. The Hall–Kier alpha value is -2.97. The Labute approximate surface area is 163 Å². The molecule has 0 fully saturated rings. The molecule has 0 heterocycles. The highest BCUT2D eigenvalue weighted by atomic mass is 16.6. The van der Waals surface area contributed by atoms with Crippen molar-refractivity contribution in [2.75, 3.05) is 0 Å². The Morgan fingerprint density at radius 2 is 1.75 bits per heavy atom. The van der Waals surface area contributed by atoms with Gasteiger partial charge in [-0.2, -0.15) is 0 Å². The molecule has 0 aliphatic heterocycles. The molecule has 0 saturated carbocycles. The summed E-state index contributed by atoms with van der Waals surface area (Å²) in [5.41, 5.74) is -2.41. The van der Waals surface area contributed by atoms with Crippen LogP contribution < -0.4 is 5.32 Å². The van der Waals surface area contributed by atoms with E-state index in [1.54, 1.807) is 20.8 Å². The number of hydrogen-bond acceptors (Lipinski definition) is 7. The third-order valence-electron chi connectivity index (χ3n) is 3.70. The molecule has 28 heavy (non-hydrogen) atoms. The molecule has 1 aromatic rings. The number of carbonyl (C=O) groups is 3. The van der Waals surface area contributed by atoms with Crippen LogP contribution in [-0.4, -0.2) is 50.6 Å². The van der Waals surface area contributed by atoms with Crippen molar-refractivity contribution in [2.45, 2.75) is 64.7 Å². The Balaban J connectivity index is 3.26. The summed E-state index contributed by atoms with van der Waals surface area (Å²) in [4.78, 5) is 35.7. The van der Waals surface area contributed by atoms with E-state index in [4.69, 9.17) is 9.47 Å². The van der Waals surface area contributed by atoms with Crippen LogP contribution in [-0.2, 0) is 25.5 Å². The molecule has 9 heteroatoms. The van der Waals surface area contributed by atoms with Gasteiger partial charge in [0.25, 0.3) is 0 Å². The first-order valence-electron chi connectivity index (χ1n) is 8.67. The fourth-order valence-electron chi connectivity index (χ4n) is 2.73. The van der Waals surface area contributed by atoms with E-state index in [1.165, 1.54) is 32.0 Å². The van der Waals surface area contributed by atoms with E-state index in [2.05, 4.69) is 5.32 Å². The number of benzene rings is 1. The number of alkyl carbamates (subject to hydrolysis) is 1. The fraction of sp³-hybridized carbons (Fsp3) is 0.526. The molecular formula is C19H27NO8. The standard InChI is InChI=1S/C19H27NO8/c1-11(27-12(2)21)9-19(16(24)25,20-17(26)28-18(3,4)5)10-13-6-7-14(22)15(23)8-13/h6-8,11,22-23H,9-10H2,1-5H3,(H,20,26)(H,24,25)/t11-,19?/m0/s1. The number of aromatic hydroxyl groups is 2. The number of carboxylic acid groups (broad SMARTS) is 1. The van der Waals surface area contributed by atoms with Gasteiger partial charge in [-0.25, -0.2) is 9.59 Å². The van der Waals surface area contributed by atoms with Crippen LogP contribution in [0.25, 0.3) is 0 Å². The largest absolute Gasteiger partial charge is 0.504 e. The van der Waals surface area contributed by atoms with Gasteiger partial charge in [-0.15, -0.1) is 0 Å². The van der Waals surface area contributed by atoms with Crippen molar-refractivity contribution in [3.05, 3.63) is 23.8 Å². The predicted molar refractivity (Wildman–Crippen MR) is 99.1 cm³/mol.